The topological polar surface area (TPSA) is 98.4 Å². The number of ether oxygens (including phenoxy) is 3. The Labute approximate surface area is 206 Å². The largest absolute Gasteiger partial charge is 0.504 e. The van der Waals surface area contributed by atoms with Gasteiger partial charge in [-0.05, 0) is 61.4 Å². The molecule has 8 heteroatoms. The second kappa shape index (κ2) is 8.34. The van der Waals surface area contributed by atoms with Crippen molar-refractivity contribution >= 4 is 16.9 Å². The lowest BCUT2D eigenvalue weighted by Crippen LogP contribution is -2.29. The number of aromatic hydroxyl groups is 1. The first-order valence-corrected chi connectivity index (χ1v) is 11.7. The van der Waals surface area contributed by atoms with E-state index in [0.29, 0.717) is 34.6 Å². The molecule has 0 fully saturated rings. The minimum Gasteiger partial charge on any atom is -0.504 e. The van der Waals surface area contributed by atoms with E-state index < -0.39 is 11.9 Å². The van der Waals surface area contributed by atoms with E-state index in [9.17, 15) is 14.7 Å². The normalized spacial score (nSPS) is 16.0. The number of nitrogens with zero attached hydrogens (tertiary/aromatic N) is 1. The van der Waals surface area contributed by atoms with Crippen LogP contribution in [0.25, 0.3) is 11.0 Å². The summed E-state index contributed by atoms with van der Waals surface area (Å²) >= 11 is 0. The first-order chi connectivity index (χ1) is 17.4. The van der Waals surface area contributed by atoms with Gasteiger partial charge in [0, 0.05) is 6.54 Å². The summed E-state index contributed by atoms with van der Waals surface area (Å²) in [5.41, 5.74) is 2.73. The molecule has 1 atom stereocenters. The van der Waals surface area contributed by atoms with E-state index in [1.54, 1.807) is 35.2 Å². The molecule has 3 heterocycles. The van der Waals surface area contributed by atoms with Crippen molar-refractivity contribution in [1.82, 2.24) is 4.90 Å². The maximum absolute atomic E-state index is 13.8. The van der Waals surface area contributed by atoms with E-state index in [2.05, 4.69) is 0 Å². The third-order valence-corrected chi connectivity index (χ3v) is 6.51. The number of rotatable bonds is 5. The van der Waals surface area contributed by atoms with E-state index in [1.807, 2.05) is 32.0 Å². The average molecular weight is 485 g/mol. The van der Waals surface area contributed by atoms with Crippen molar-refractivity contribution in [3.63, 3.8) is 0 Å². The smallest absolute Gasteiger partial charge is 0.291 e. The molecule has 182 valence electrons. The highest BCUT2D eigenvalue weighted by Gasteiger charge is 2.43. The van der Waals surface area contributed by atoms with Crippen molar-refractivity contribution < 1.29 is 28.5 Å². The number of phenols is 1. The molecule has 0 saturated carbocycles. The Bertz CT molecular complexity index is 1590. The summed E-state index contributed by atoms with van der Waals surface area (Å²) in [6, 6.07) is 14.9. The lowest BCUT2D eigenvalue weighted by Gasteiger charge is -2.26. The summed E-state index contributed by atoms with van der Waals surface area (Å²) in [6.07, 6.45) is 0. The summed E-state index contributed by atoms with van der Waals surface area (Å²) < 4.78 is 22.5. The van der Waals surface area contributed by atoms with Crippen LogP contribution in [-0.4, -0.2) is 29.3 Å². The van der Waals surface area contributed by atoms with Gasteiger partial charge < -0.3 is 28.6 Å². The van der Waals surface area contributed by atoms with Gasteiger partial charge in [0.2, 0.25) is 12.6 Å². The molecule has 8 nitrogen and oxygen atoms in total. The van der Waals surface area contributed by atoms with Crippen molar-refractivity contribution in [2.75, 3.05) is 13.4 Å². The second-order valence-corrected chi connectivity index (χ2v) is 8.86. The molecule has 1 N–H and O–H groups in total. The minimum atomic E-state index is -0.737. The van der Waals surface area contributed by atoms with Gasteiger partial charge in [0.1, 0.15) is 5.58 Å². The van der Waals surface area contributed by atoms with E-state index in [4.69, 9.17) is 18.6 Å². The fourth-order valence-electron chi connectivity index (χ4n) is 4.85. The number of benzene rings is 3. The SMILES string of the molecule is CCOc1cc([C@H]2c3c(oc4ccc(C)cc4c3=O)C(=O)N2Cc2ccc3c(c2)OCO3)ccc1O. The van der Waals surface area contributed by atoms with Gasteiger partial charge >= 0.3 is 0 Å². The Balaban J connectivity index is 1.53. The Hall–Kier alpha value is -4.46. The van der Waals surface area contributed by atoms with Crippen LogP contribution in [0.3, 0.4) is 0 Å². The van der Waals surface area contributed by atoms with Crippen molar-refractivity contribution in [3.8, 4) is 23.0 Å². The van der Waals surface area contributed by atoms with Gasteiger partial charge in [-0.25, -0.2) is 0 Å². The number of amides is 1. The molecule has 0 bridgehead atoms. The van der Waals surface area contributed by atoms with Crippen LogP contribution in [0.4, 0.5) is 0 Å². The van der Waals surface area contributed by atoms with Gasteiger partial charge in [-0.3, -0.25) is 9.59 Å². The molecule has 0 unspecified atom stereocenters. The van der Waals surface area contributed by atoms with Gasteiger partial charge in [0.25, 0.3) is 5.91 Å². The second-order valence-electron chi connectivity index (χ2n) is 8.86. The molecular formula is C28H23NO7. The van der Waals surface area contributed by atoms with Crippen LogP contribution in [0.15, 0.2) is 63.8 Å². The summed E-state index contributed by atoms with van der Waals surface area (Å²) in [4.78, 5) is 29.1. The zero-order valence-electron chi connectivity index (χ0n) is 19.7. The number of hydrogen-bond donors (Lipinski definition) is 1. The number of carbonyl (C=O) groups excluding carboxylic acids is 1. The number of hydrogen-bond acceptors (Lipinski definition) is 7. The zero-order valence-corrected chi connectivity index (χ0v) is 19.7. The van der Waals surface area contributed by atoms with Crippen LogP contribution in [0.5, 0.6) is 23.0 Å². The molecule has 1 amide bonds. The van der Waals surface area contributed by atoms with Gasteiger partial charge in [-0.2, -0.15) is 0 Å². The lowest BCUT2D eigenvalue weighted by atomic mass is 9.97. The van der Waals surface area contributed by atoms with Crippen molar-refractivity contribution in [1.29, 1.82) is 0 Å². The predicted octanol–water partition coefficient (Wildman–Crippen LogP) is 4.68. The van der Waals surface area contributed by atoms with Gasteiger partial charge in [0.15, 0.2) is 28.4 Å². The van der Waals surface area contributed by atoms with Crippen LogP contribution in [0, 0.1) is 6.92 Å². The monoisotopic (exact) mass is 485 g/mol. The van der Waals surface area contributed by atoms with Crippen molar-refractivity contribution in [3.05, 3.63) is 92.8 Å². The molecule has 4 aromatic rings. The molecule has 0 aliphatic carbocycles. The molecule has 0 radical (unpaired) electrons. The molecule has 1 aromatic heterocycles. The highest BCUT2D eigenvalue weighted by atomic mass is 16.7. The molecule has 6 rings (SSSR count). The molecular weight excluding hydrogens is 462 g/mol. The first-order valence-electron chi connectivity index (χ1n) is 11.7. The molecule has 2 aliphatic rings. The number of aryl methyl sites for hydroxylation is 1. The van der Waals surface area contributed by atoms with E-state index in [1.165, 1.54) is 6.07 Å². The van der Waals surface area contributed by atoms with Gasteiger partial charge in [-0.15, -0.1) is 0 Å². The fourth-order valence-corrected chi connectivity index (χ4v) is 4.85. The predicted molar refractivity (Wildman–Crippen MR) is 131 cm³/mol. The molecule has 0 saturated heterocycles. The quantitative estimate of drug-likeness (QED) is 0.438. The number of phenolic OH excluding ortho intramolecular Hbond substituents is 1. The third-order valence-electron chi connectivity index (χ3n) is 6.51. The Kier molecular flexibility index (Phi) is 5.10. The highest BCUT2D eigenvalue weighted by molar-refractivity contribution is 5.99. The van der Waals surface area contributed by atoms with E-state index in [0.717, 1.165) is 11.1 Å². The molecule has 2 aliphatic heterocycles. The first kappa shape index (κ1) is 22.0. The van der Waals surface area contributed by atoms with E-state index >= 15 is 0 Å². The maximum atomic E-state index is 13.8. The zero-order chi connectivity index (χ0) is 25.0. The molecule has 0 spiro atoms. The van der Waals surface area contributed by atoms with Crippen LogP contribution in [-0.2, 0) is 6.54 Å². The third kappa shape index (κ3) is 3.45. The Morgan fingerprint density at radius 2 is 1.86 bits per heavy atom. The fraction of sp³-hybridized carbons (Fsp3) is 0.214. The average Bonchev–Trinajstić information content (AvgIpc) is 3.44. The van der Waals surface area contributed by atoms with Crippen molar-refractivity contribution in [2.24, 2.45) is 0 Å². The van der Waals surface area contributed by atoms with Crippen LogP contribution in [0.1, 0.15) is 45.8 Å². The van der Waals surface area contributed by atoms with Crippen molar-refractivity contribution in [2.45, 2.75) is 26.4 Å². The van der Waals surface area contributed by atoms with Crippen LogP contribution >= 0.6 is 0 Å². The van der Waals surface area contributed by atoms with Crippen LogP contribution < -0.4 is 19.6 Å². The summed E-state index contributed by atoms with van der Waals surface area (Å²) in [5, 5.41) is 10.7. The maximum Gasteiger partial charge on any atom is 0.291 e. The summed E-state index contributed by atoms with van der Waals surface area (Å²) in [7, 11) is 0. The van der Waals surface area contributed by atoms with Crippen LogP contribution in [0.2, 0.25) is 0 Å². The highest BCUT2D eigenvalue weighted by Crippen LogP contribution is 2.42. The number of fused-ring (bicyclic) bond motifs is 3. The summed E-state index contributed by atoms with van der Waals surface area (Å²) in [6.45, 7) is 4.41. The Morgan fingerprint density at radius 3 is 2.69 bits per heavy atom. The Morgan fingerprint density at radius 1 is 1.03 bits per heavy atom. The summed E-state index contributed by atoms with van der Waals surface area (Å²) in [5.74, 6) is 1.14. The van der Waals surface area contributed by atoms with Gasteiger partial charge in [0.05, 0.1) is 23.6 Å². The molecule has 3 aromatic carbocycles. The standard InChI is InChI=1S/C28H23NO7/c1-3-33-22-12-17(6-7-19(22)30)25-24-26(31)18-10-15(2)4-8-20(18)36-27(24)28(32)29(25)13-16-5-9-21-23(11-16)35-14-34-21/h4-12,25,30H,3,13-14H2,1-2H3/t25-/m0/s1. The molecule has 36 heavy (non-hydrogen) atoms. The van der Waals surface area contributed by atoms with E-state index in [-0.39, 0.29) is 41.6 Å². The number of carbonyl (C=O) groups is 1. The lowest BCUT2D eigenvalue weighted by molar-refractivity contribution is 0.0714. The minimum absolute atomic E-state index is 0.0198. The van der Waals surface area contributed by atoms with Gasteiger partial charge in [-0.1, -0.05) is 23.8 Å².